The van der Waals surface area contributed by atoms with E-state index in [1.54, 1.807) is 0 Å². The van der Waals surface area contributed by atoms with E-state index in [1.165, 1.54) is 5.56 Å². The van der Waals surface area contributed by atoms with E-state index >= 15 is 0 Å². The van der Waals surface area contributed by atoms with Crippen LogP contribution in [0.5, 0.6) is 0 Å². The van der Waals surface area contributed by atoms with Gasteiger partial charge in [0.1, 0.15) is 5.60 Å². The summed E-state index contributed by atoms with van der Waals surface area (Å²) >= 11 is 0. The van der Waals surface area contributed by atoms with Gasteiger partial charge in [-0.3, -0.25) is 4.79 Å². The summed E-state index contributed by atoms with van der Waals surface area (Å²) in [5.41, 5.74) is 1.70. The van der Waals surface area contributed by atoms with E-state index in [-0.39, 0.29) is 6.42 Å². The Bertz CT molecular complexity index is 418. The molecule has 1 aromatic carbocycles. The van der Waals surface area contributed by atoms with Crippen LogP contribution in [0, 0.1) is 0 Å². The third-order valence-corrected chi connectivity index (χ3v) is 3.94. The van der Waals surface area contributed by atoms with Gasteiger partial charge in [0.15, 0.2) is 0 Å². The summed E-state index contributed by atoms with van der Waals surface area (Å²) in [7, 11) is 0. The SMILES string of the molecule is CCC(C)c1ccc(C2(CC(=O)O)CCO2)cc1. The Balaban J connectivity index is 2.20. The van der Waals surface area contributed by atoms with E-state index in [2.05, 4.69) is 26.0 Å². The fraction of sp³-hybridized carbons (Fsp3) is 0.533. The molecule has 0 radical (unpaired) electrons. The molecule has 1 aliphatic heterocycles. The number of hydrogen-bond donors (Lipinski definition) is 1. The third-order valence-electron chi connectivity index (χ3n) is 3.94. The first-order valence-electron chi connectivity index (χ1n) is 6.53. The first-order chi connectivity index (χ1) is 8.57. The lowest BCUT2D eigenvalue weighted by Gasteiger charge is -2.41. The number of carbonyl (C=O) groups is 1. The third kappa shape index (κ3) is 2.41. The standard InChI is InChI=1S/C15H20O3/c1-3-11(2)12-4-6-13(7-5-12)15(8-9-18-15)10-14(16)17/h4-7,11H,3,8-10H2,1-2H3,(H,16,17). The number of hydrogen-bond acceptors (Lipinski definition) is 2. The lowest BCUT2D eigenvalue weighted by molar-refractivity contribution is -0.176. The van der Waals surface area contributed by atoms with Crippen LogP contribution in [0.4, 0.5) is 0 Å². The molecule has 98 valence electrons. The predicted molar refractivity (Wildman–Crippen MR) is 69.6 cm³/mol. The first-order valence-corrected chi connectivity index (χ1v) is 6.53. The van der Waals surface area contributed by atoms with Crippen molar-refractivity contribution < 1.29 is 14.6 Å². The van der Waals surface area contributed by atoms with Crippen molar-refractivity contribution in [2.24, 2.45) is 0 Å². The van der Waals surface area contributed by atoms with Gasteiger partial charge in [-0.05, 0) is 23.5 Å². The molecule has 2 rings (SSSR count). The van der Waals surface area contributed by atoms with Gasteiger partial charge in [-0.15, -0.1) is 0 Å². The van der Waals surface area contributed by atoms with Gasteiger partial charge in [-0.25, -0.2) is 0 Å². The average Bonchev–Trinajstić information content (AvgIpc) is 2.33. The average molecular weight is 248 g/mol. The van der Waals surface area contributed by atoms with Gasteiger partial charge >= 0.3 is 5.97 Å². The van der Waals surface area contributed by atoms with Crippen molar-refractivity contribution in [2.75, 3.05) is 6.61 Å². The number of aliphatic carboxylic acids is 1. The summed E-state index contributed by atoms with van der Waals surface area (Å²) in [6, 6.07) is 8.22. The van der Waals surface area contributed by atoms with Crippen LogP contribution in [-0.4, -0.2) is 17.7 Å². The van der Waals surface area contributed by atoms with E-state index in [4.69, 9.17) is 9.84 Å². The molecule has 0 saturated carbocycles. The molecule has 0 spiro atoms. The lowest BCUT2D eigenvalue weighted by Crippen LogP contribution is -2.42. The maximum atomic E-state index is 10.9. The number of carboxylic acids is 1. The van der Waals surface area contributed by atoms with Gasteiger partial charge in [0.2, 0.25) is 0 Å². The van der Waals surface area contributed by atoms with Crippen LogP contribution < -0.4 is 0 Å². The molecule has 1 aromatic rings. The van der Waals surface area contributed by atoms with Crippen LogP contribution in [0.1, 0.15) is 50.2 Å². The van der Waals surface area contributed by atoms with Gasteiger partial charge in [0.05, 0.1) is 13.0 Å². The van der Waals surface area contributed by atoms with Gasteiger partial charge in [0, 0.05) is 6.42 Å². The molecule has 3 heteroatoms. The Kier molecular flexibility index (Phi) is 3.71. The molecular formula is C15H20O3. The molecule has 1 saturated heterocycles. The number of benzene rings is 1. The van der Waals surface area contributed by atoms with E-state index in [9.17, 15) is 4.79 Å². The molecule has 0 amide bonds. The zero-order chi connectivity index (χ0) is 13.2. The Labute approximate surface area is 108 Å². The minimum Gasteiger partial charge on any atom is -0.481 e. The lowest BCUT2D eigenvalue weighted by atomic mass is 9.82. The van der Waals surface area contributed by atoms with Crippen molar-refractivity contribution in [3.63, 3.8) is 0 Å². The Morgan fingerprint density at radius 1 is 1.44 bits per heavy atom. The molecule has 1 fully saturated rings. The molecule has 0 aromatic heterocycles. The minimum absolute atomic E-state index is 0.0513. The van der Waals surface area contributed by atoms with Crippen LogP contribution in [0.3, 0.4) is 0 Å². The fourth-order valence-corrected chi connectivity index (χ4v) is 2.41. The molecule has 1 heterocycles. The molecule has 0 aliphatic carbocycles. The van der Waals surface area contributed by atoms with E-state index < -0.39 is 11.6 Å². The highest BCUT2D eigenvalue weighted by atomic mass is 16.5. The highest BCUT2D eigenvalue weighted by Gasteiger charge is 2.42. The van der Waals surface area contributed by atoms with E-state index in [0.29, 0.717) is 12.5 Å². The summed E-state index contributed by atoms with van der Waals surface area (Å²) < 4.78 is 5.56. The summed E-state index contributed by atoms with van der Waals surface area (Å²) in [4.78, 5) is 10.9. The van der Waals surface area contributed by atoms with Gasteiger partial charge in [-0.1, -0.05) is 38.1 Å². The van der Waals surface area contributed by atoms with Crippen molar-refractivity contribution in [3.8, 4) is 0 Å². The molecule has 18 heavy (non-hydrogen) atoms. The number of ether oxygens (including phenoxy) is 1. The summed E-state index contributed by atoms with van der Waals surface area (Å²) in [6.07, 6.45) is 1.95. The quantitative estimate of drug-likeness (QED) is 0.869. The summed E-state index contributed by atoms with van der Waals surface area (Å²) in [5, 5.41) is 8.98. The van der Waals surface area contributed by atoms with Crippen LogP contribution in [0.15, 0.2) is 24.3 Å². The normalized spacial score (nSPS) is 24.3. The largest absolute Gasteiger partial charge is 0.481 e. The zero-order valence-electron chi connectivity index (χ0n) is 11.0. The van der Waals surface area contributed by atoms with Crippen LogP contribution in [0.25, 0.3) is 0 Å². The van der Waals surface area contributed by atoms with Crippen molar-refractivity contribution in [1.29, 1.82) is 0 Å². The molecule has 1 N–H and O–H groups in total. The Morgan fingerprint density at radius 3 is 2.44 bits per heavy atom. The number of rotatable bonds is 5. The molecule has 2 unspecified atom stereocenters. The fourth-order valence-electron chi connectivity index (χ4n) is 2.41. The highest BCUT2D eigenvalue weighted by molar-refractivity contribution is 5.69. The second-order valence-corrected chi connectivity index (χ2v) is 5.09. The Hall–Kier alpha value is -1.35. The number of carboxylic acid groups (broad SMARTS) is 1. The van der Waals surface area contributed by atoms with Gasteiger partial charge in [-0.2, -0.15) is 0 Å². The van der Waals surface area contributed by atoms with Crippen molar-refractivity contribution >= 4 is 5.97 Å². The van der Waals surface area contributed by atoms with Crippen LogP contribution in [-0.2, 0) is 15.1 Å². The van der Waals surface area contributed by atoms with Crippen LogP contribution in [0.2, 0.25) is 0 Å². The van der Waals surface area contributed by atoms with Crippen molar-refractivity contribution in [1.82, 2.24) is 0 Å². The van der Waals surface area contributed by atoms with Crippen molar-refractivity contribution in [2.45, 2.75) is 44.6 Å². The zero-order valence-corrected chi connectivity index (χ0v) is 11.0. The summed E-state index contributed by atoms with van der Waals surface area (Å²) in [5.74, 6) is -0.266. The topological polar surface area (TPSA) is 46.5 Å². The highest BCUT2D eigenvalue weighted by Crippen LogP contribution is 2.40. The second kappa shape index (κ2) is 5.11. The van der Waals surface area contributed by atoms with Crippen LogP contribution >= 0.6 is 0 Å². The molecule has 1 aliphatic rings. The van der Waals surface area contributed by atoms with Gasteiger partial charge in [0.25, 0.3) is 0 Å². The van der Waals surface area contributed by atoms with E-state index in [0.717, 1.165) is 18.4 Å². The first kappa shape index (κ1) is 13.1. The predicted octanol–water partition coefficient (Wildman–Crippen LogP) is 3.29. The smallest absolute Gasteiger partial charge is 0.306 e. The minimum atomic E-state index is -0.805. The second-order valence-electron chi connectivity index (χ2n) is 5.09. The molecular weight excluding hydrogens is 228 g/mol. The molecule has 3 nitrogen and oxygen atoms in total. The van der Waals surface area contributed by atoms with Gasteiger partial charge < -0.3 is 9.84 Å². The maximum Gasteiger partial charge on any atom is 0.306 e. The molecule has 2 atom stereocenters. The molecule has 0 bridgehead atoms. The van der Waals surface area contributed by atoms with Crippen molar-refractivity contribution in [3.05, 3.63) is 35.4 Å². The Morgan fingerprint density at radius 2 is 2.06 bits per heavy atom. The summed E-state index contributed by atoms with van der Waals surface area (Å²) in [6.45, 7) is 5.02. The monoisotopic (exact) mass is 248 g/mol. The van der Waals surface area contributed by atoms with E-state index in [1.807, 2.05) is 12.1 Å². The maximum absolute atomic E-state index is 10.9.